The van der Waals surface area contributed by atoms with Gasteiger partial charge in [-0.1, -0.05) is 0 Å². The molecule has 0 saturated heterocycles. The maximum absolute atomic E-state index is 11.0. The molecule has 0 aliphatic heterocycles. The second kappa shape index (κ2) is 4.38. The first-order chi connectivity index (χ1) is 6.09. The van der Waals surface area contributed by atoms with Crippen LogP contribution in [0.25, 0.3) is 0 Å². The predicted octanol–water partition coefficient (Wildman–Crippen LogP) is 0.658. The number of carbonyl (C=O) groups is 1. The van der Waals surface area contributed by atoms with Crippen LogP contribution < -0.4 is 4.74 Å². The van der Waals surface area contributed by atoms with Crippen molar-refractivity contribution < 1.29 is 9.53 Å². The third kappa shape index (κ3) is 3.16. The number of amides is 1. The SMILES string of the molecule is CN(C)C(=O)COc1nc(Cl)ns1. The van der Waals surface area contributed by atoms with Crippen molar-refractivity contribution in [3.63, 3.8) is 0 Å². The number of carbonyl (C=O) groups excluding carboxylic acids is 1. The summed E-state index contributed by atoms with van der Waals surface area (Å²) in [5, 5.41) is 0.442. The highest BCUT2D eigenvalue weighted by atomic mass is 35.5. The average Bonchev–Trinajstić information content (AvgIpc) is 2.47. The Morgan fingerprint density at radius 3 is 2.85 bits per heavy atom. The Morgan fingerprint density at radius 2 is 2.38 bits per heavy atom. The first-order valence-electron chi connectivity index (χ1n) is 3.42. The van der Waals surface area contributed by atoms with E-state index in [2.05, 4.69) is 9.36 Å². The van der Waals surface area contributed by atoms with Gasteiger partial charge in [0.1, 0.15) is 0 Å². The summed E-state index contributed by atoms with van der Waals surface area (Å²) in [6.45, 7) is -0.0431. The van der Waals surface area contributed by atoms with Crippen molar-refractivity contribution in [3.8, 4) is 5.19 Å². The van der Waals surface area contributed by atoms with Crippen molar-refractivity contribution in [3.05, 3.63) is 5.28 Å². The Morgan fingerprint density at radius 1 is 1.69 bits per heavy atom. The van der Waals surface area contributed by atoms with Gasteiger partial charge in [-0.25, -0.2) is 0 Å². The van der Waals surface area contributed by atoms with Gasteiger partial charge in [-0.05, 0) is 11.6 Å². The van der Waals surface area contributed by atoms with Gasteiger partial charge >= 0.3 is 0 Å². The van der Waals surface area contributed by atoms with E-state index in [1.807, 2.05) is 0 Å². The van der Waals surface area contributed by atoms with E-state index in [0.29, 0.717) is 5.19 Å². The maximum atomic E-state index is 11.0. The second-order valence-electron chi connectivity index (χ2n) is 2.41. The average molecular weight is 222 g/mol. The van der Waals surface area contributed by atoms with Gasteiger partial charge in [0, 0.05) is 25.6 Å². The molecule has 1 rings (SSSR count). The van der Waals surface area contributed by atoms with Crippen LogP contribution >= 0.6 is 23.1 Å². The molecule has 0 saturated carbocycles. The number of ether oxygens (including phenoxy) is 1. The highest BCUT2D eigenvalue weighted by molar-refractivity contribution is 7.07. The van der Waals surface area contributed by atoms with Crippen molar-refractivity contribution in [1.29, 1.82) is 0 Å². The molecular weight excluding hydrogens is 214 g/mol. The van der Waals surface area contributed by atoms with Gasteiger partial charge in [-0.2, -0.15) is 9.36 Å². The summed E-state index contributed by atoms with van der Waals surface area (Å²) in [6, 6.07) is 0. The molecule has 0 aliphatic carbocycles. The van der Waals surface area contributed by atoms with Crippen molar-refractivity contribution in [2.45, 2.75) is 0 Å². The summed E-state index contributed by atoms with van der Waals surface area (Å²) in [5.41, 5.74) is 0. The number of rotatable bonds is 3. The number of hydrogen-bond acceptors (Lipinski definition) is 5. The second-order valence-corrected chi connectivity index (χ2v) is 3.46. The summed E-state index contributed by atoms with van der Waals surface area (Å²) in [5.74, 6) is -0.133. The predicted molar refractivity (Wildman–Crippen MR) is 49.1 cm³/mol. The zero-order chi connectivity index (χ0) is 9.84. The van der Waals surface area contributed by atoms with Crippen LogP contribution in [-0.4, -0.2) is 40.9 Å². The van der Waals surface area contributed by atoms with Crippen LogP contribution in [0.4, 0.5) is 0 Å². The highest BCUT2D eigenvalue weighted by Gasteiger charge is 2.07. The Bertz CT molecular complexity index is 302. The fourth-order valence-electron chi connectivity index (χ4n) is 0.504. The Labute approximate surface area is 84.5 Å². The maximum Gasteiger partial charge on any atom is 0.294 e. The molecule has 72 valence electrons. The normalized spacial score (nSPS) is 9.77. The minimum absolute atomic E-state index is 0.0431. The number of hydrogen-bond donors (Lipinski definition) is 0. The lowest BCUT2D eigenvalue weighted by Gasteiger charge is -2.08. The fraction of sp³-hybridized carbons (Fsp3) is 0.500. The smallest absolute Gasteiger partial charge is 0.294 e. The van der Waals surface area contributed by atoms with Gasteiger partial charge in [0.2, 0.25) is 5.28 Å². The molecule has 0 fully saturated rings. The molecule has 0 aromatic carbocycles. The minimum atomic E-state index is -0.133. The molecule has 0 N–H and O–H groups in total. The number of nitrogens with zero attached hydrogens (tertiary/aromatic N) is 3. The van der Waals surface area contributed by atoms with Crippen LogP contribution in [0.1, 0.15) is 0 Å². The molecule has 1 heterocycles. The lowest BCUT2D eigenvalue weighted by Crippen LogP contribution is -2.27. The molecule has 0 bridgehead atoms. The van der Waals surface area contributed by atoms with Gasteiger partial charge in [-0.15, -0.1) is 0 Å². The molecule has 0 spiro atoms. The summed E-state index contributed by atoms with van der Waals surface area (Å²) in [4.78, 5) is 16.2. The molecule has 13 heavy (non-hydrogen) atoms. The molecule has 0 unspecified atom stereocenters. The van der Waals surface area contributed by atoms with Crippen LogP contribution in [0, 0.1) is 0 Å². The summed E-state index contributed by atoms with van der Waals surface area (Å²) < 4.78 is 8.70. The summed E-state index contributed by atoms with van der Waals surface area (Å²) >= 11 is 6.47. The molecule has 1 aromatic rings. The van der Waals surface area contributed by atoms with E-state index >= 15 is 0 Å². The van der Waals surface area contributed by atoms with E-state index in [4.69, 9.17) is 16.3 Å². The van der Waals surface area contributed by atoms with E-state index in [1.165, 1.54) is 4.90 Å². The number of aromatic nitrogens is 2. The van der Waals surface area contributed by atoms with Crippen LogP contribution in [-0.2, 0) is 4.79 Å². The Hall–Kier alpha value is -0.880. The third-order valence-corrected chi connectivity index (χ3v) is 2.10. The lowest BCUT2D eigenvalue weighted by atomic mass is 10.6. The summed E-state index contributed by atoms with van der Waals surface area (Å²) in [7, 11) is 3.30. The molecule has 7 heteroatoms. The quantitative estimate of drug-likeness (QED) is 0.753. The van der Waals surface area contributed by atoms with Crippen LogP contribution in [0.3, 0.4) is 0 Å². The van der Waals surface area contributed by atoms with Crippen LogP contribution in [0.5, 0.6) is 5.19 Å². The molecule has 5 nitrogen and oxygen atoms in total. The minimum Gasteiger partial charge on any atom is -0.459 e. The molecule has 1 aromatic heterocycles. The molecule has 0 atom stereocenters. The van der Waals surface area contributed by atoms with Gasteiger partial charge in [0.25, 0.3) is 11.1 Å². The lowest BCUT2D eigenvalue weighted by molar-refractivity contribution is -0.130. The standard InChI is InChI=1S/C6H8ClN3O2S/c1-10(2)4(11)3-12-6-8-5(7)9-13-6/h3H2,1-2H3. The highest BCUT2D eigenvalue weighted by Crippen LogP contribution is 2.16. The monoisotopic (exact) mass is 221 g/mol. The zero-order valence-electron chi connectivity index (χ0n) is 7.15. The number of likely N-dealkylation sites (N-methyl/N-ethyl adjacent to an activating group) is 1. The van der Waals surface area contributed by atoms with E-state index in [9.17, 15) is 4.79 Å². The van der Waals surface area contributed by atoms with E-state index in [-0.39, 0.29) is 17.8 Å². The van der Waals surface area contributed by atoms with E-state index in [0.717, 1.165) is 11.5 Å². The largest absolute Gasteiger partial charge is 0.459 e. The van der Waals surface area contributed by atoms with Gasteiger partial charge < -0.3 is 9.64 Å². The van der Waals surface area contributed by atoms with Gasteiger partial charge in [0.05, 0.1) is 0 Å². The van der Waals surface area contributed by atoms with Crippen LogP contribution in [0.2, 0.25) is 5.28 Å². The fourth-order valence-corrected chi connectivity index (χ4v) is 1.17. The van der Waals surface area contributed by atoms with Gasteiger partial charge in [-0.3, -0.25) is 4.79 Å². The van der Waals surface area contributed by atoms with Gasteiger partial charge in [0.15, 0.2) is 6.61 Å². The number of halogens is 1. The van der Waals surface area contributed by atoms with Crippen molar-refractivity contribution in [2.24, 2.45) is 0 Å². The molecule has 0 radical (unpaired) electrons. The first kappa shape index (κ1) is 10.2. The Balaban J connectivity index is 2.39. The van der Waals surface area contributed by atoms with Crippen molar-refractivity contribution in [2.75, 3.05) is 20.7 Å². The van der Waals surface area contributed by atoms with E-state index < -0.39 is 0 Å². The topological polar surface area (TPSA) is 55.3 Å². The van der Waals surface area contributed by atoms with E-state index in [1.54, 1.807) is 14.1 Å². The Kier molecular flexibility index (Phi) is 3.44. The first-order valence-corrected chi connectivity index (χ1v) is 4.57. The van der Waals surface area contributed by atoms with Crippen molar-refractivity contribution >= 4 is 29.0 Å². The van der Waals surface area contributed by atoms with Crippen molar-refractivity contribution in [1.82, 2.24) is 14.3 Å². The van der Waals surface area contributed by atoms with Crippen LogP contribution in [0.15, 0.2) is 0 Å². The molecular formula is C6H8ClN3O2S. The molecule has 1 amide bonds. The zero-order valence-corrected chi connectivity index (χ0v) is 8.72. The third-order valence-electron chi connectivity index (χ3n) is 1.20. The molecule has 0 aliphatic rings. The summed E-state index contributed by atoms with van der Waals surface area (Å²) in [6.07, 6.45) is 0.